The first-order valence-corrected chi connectivity index (χ1v) is 27.4. The molecule has 1 N–H and O–H groups in total. The molecule has 0 amide bonds. The maximum atomic E-state index is 12.8. The molecule has 0 aliphatic carbocycles. The predicted molar refractivity (Wildman–Crippen MR) is 282 cm³/mol. The van der Waals surface area contributed by atoms with Gasteiger partial charge in [0.1, 0.15) is 13.2 Å². The quantitative estimate of drug-likeness (QED) is 0.00939. The highest BCUT2D eigenvalue weighted by Crippen LogP contribution is 2.15. The van der Waals surface area contributed by atoms with Crippen molar-refractivity contribution in [1.29, 1.82) is 0 Å². The predicted octanol–water partition coefficient (Wildman–Crippen LogP) is 17.4. The number of unbranched alkanes of at least 4 members (excludes halogenated alkanes) is 24. The minimum atomic E-state index is -0.869. The molecule has 0 radical (unpaired) electrons. The summed E-state index contributed by atoms with van der Waals surface area (Å²) in [5.74, 6) is -1.28. The molecule has 8 nitrogen and oxygen atoms in total. The molecule has 8 heteroatoms. The second-order valence-corrected chi connectivity index (χ2v) is 18.2. The van der Waals surface area contributed by atoms with E-state index in [-0.39, 0.29) is 37.7 Å². The van der Waals surface area contributed by atoms with Crippen molar-refractivity contribution in [3.8, 4) is 0 Å². The maximum Gasteiger partial charge on any atom is 0.330 e. The third kappa shape index (κ3) is 50.2. The summed E-state index contributed by atoms with van der Waals surface area (Å²) in [6.07, 6.45) is 64.8. The molecule has 0 aromatic rings. The Morgan fingerprint density at radius 3 is 1.39 bits per heavy atom. The van der Waals surface area contributed by atoms with Crippen molar-refractivity contribution in [3.05, 3.63) is 85.1 Å². The van der Waals surface area contributed by atoms with Crippen molar-refractivity contribution in [1.82, 2.24) is 0 Å². The molecule has 0 spiro atoms. The Morgan fingerprint density at radius 2 is 0.806 bits per heavy atom. The fourth-order valence-electron chi connectivity index (χ4n) is 7.51. The molecule has 0 bridgehead atoms. The number of hydrogen-bond donors (Lipinski definition) is 1. The fourth-order valence-corrected chi connectivity index (χ4v) is 7.51. The standard InChI is InChI=1S/C59H100O8/c1-4-7-10-13-15-17-19-21-23-25-27-32-36-40-45-50-57(60)64-53-56(66-59(62)52-47-42-38-34-28-26-24-22-20-18-16-14-11-8-5-2)54-65-58(61)51-46-41-37-33-30-29-31-35-39-44-49-55(67-63)48-43-12-9-6-3/h16,18,21-24,29-31,33,37,41,46,51,55-56,63H,4-15,17,19-20,25-28,32,34-36,38-40,42-45,47-50,52-54H2,1-3H3/b18-16-,23-21-,24-22-,31-29?,33-30?,41-37?,51-46?. The highest BCUT2D eigenvalue weighted by Gasteiger charge is 2.19. The molecule has 0 aliphatic heterocycles. The lowest BCUT2D eigenvalue weighted by Crippen LogP contribution is -2.30. The summed E-state index contributed by atoms with van der Waals surface area (Å²) in [7, 11) is 0. The fraction of sp³-hybridized carbons (Fsp3) is 0.712. The zero-order valence-electron chi connectivity index (χ0n) is 43.2. The monoisotopic (exact) mass is 937 g/mol. The summed E-state index contributed by atoms with van der Waals surface area (Å²) in [5, 5.41) is 9.16. The van der Waals surface area contributed by atoms with Crippen LogP contribution >= 0.6 is 0 Å². The third-order valence-corrected chi connectivity index (χ3v) is 11.7. The van der Waals surface area contributed by atoms with Crippen LogP contribution in [0.5, 0.6) is 0 Å². The number of esters is 3. The van der Waals surface area contributed by atoms with Gasteiger partial charge in [-0.15, -0.1) is 0 Å². The minimum absolute atomic E-state index is 0.0623. The van der Waals surface area contributed by atoms with Crippen LogP contribution in [0.25, 0.3) is 0 Å². The second-order valence-electron chi connectivity index (χ2n) is 18.2. The van der Waals surface area contributed by atoms with Crippen molar-refractivity contribution >= 4 is 17.9 Å². The molecule has 0 aliphatic rings. The third-order valence-electron chi connectivity index (χ3n) is 11.7. The van der Waals surface area contributed by atoms with Gasteiger partial charge in [-0.25, -0.2) is 9.68 Å². The summed E-state index contributed by atoms with van der Waals surface area (Å²) in [6, 6.07) is 0. The second kappa shape index (κ2) is 53.5. The highest BCUT2D eigenvalue weighted by atomic mass is 17.1. The SMILES string of the molecule is CCCCC/C=C\C/C=C\CCCCCCCC(=O)OC(COC(=O)C=CC=CC=CC=CCCCCC(CCCCCC)OO)COC(=O)CCCCCCC/C=C\CCCCCCCC. The Bertz CT molecular complexity index is 1320. The van der Waals surface area contributed by atoms with Crippen LogP contribution in [0.2, 0.25) is 0 Å². The summed E-state index contributed by atoms with van der Waals surface area (Å²) in [4.78, 5) is 42.6. The van der Waals surface area contributed by atoms with E-state index in [9.17, 15) is 14.4 Å². The Kier molecular flexibility index (Phi) is 50.7. The molecule has 0 saturated heterocycles. The Balaban J connectivity index is 4.65. The Morgan fingerprint density at radius 1 is 0.403 bits per heavy atom. The van der Waals surface area contributed by atoms with Crippen molar-refractivity contribution in [2.45, 2.75) is 258 Å². The van der Waals surface area contributed by atoms with Gasteiger partial charge in [0.05, 0.1) is 6.10 Å². The molecule has 384 valence electrons. The van der Waals surface area contributed by atoms with Crippen LogP contribution in [0.1, 0.15) is 245 Å². The molecule has 0 aromatic carbocycles. The number of rotatable bonds is 49. The van der Waals surface area contributed by atoms with Gasteiger partial charge < -0.3 is 14.2 Å². The maximum absolute atomic E-state index is 12.8. The topological polar surface area (TPSA) is 108 Å². The molecule has 0 aromatic heterocycles. The largest absolute Gasteiger partial charge is 0.462 e. The zero-order chi connectivity index (χ0) is 48.8. The average Bonchev–Trinajstić information content (AvgIpc) is 3.33. The highest BCUT2D eigenvalue weighted by molar-refractivity contribution is 5.82. The van der Waals surface area contributed by atoms with Gasteiger partial charge in [0.2, 0.25) is 0 Å². The molecular weight excluding hydrogens is 837 g/mol. The molecule has 2 atom stereocenters. The first-order chi connectivity index (χ1) is 33.0. The molecule has 0 rings (SSSR count). The van der Waals surface area contributed by atoms with Gasteiger partial charge in [0.25, 0.3) is 0 Å². The smallest absolute Gasteiger partial charge is 0.330 e. The normalized spacial score (nSPS) is 13.2. The molecule has 2 unspecified atom stereocenters. The van der Waals surface area contributed by atoms with Crippen LogP contribution in [0.3, 0.4) is 0 Å². The molecular formula is C59H100O8. The Hall–Kier alpha value is -3.49. The summed E-state index contributed by atoms with van der Waals surface area (Å²) < 4.78 is 16.6. The van der Waals surface area contributed by atoms with E-state index in [0.29, 0.717) is 6.42 Å². The summed E-state index contributed by atoms with van der Waals surface area (Å²) in [5.41, 5.74) is 0. The molecule has 67 heavy (non-hydrogen) atoms. The van der Waals surface area contributed by atoms with Gasteiger partial charge in [-0.3, -0.25) is 14.8 Å². The van der Waals surface area contributed by atoms with E-state index >= 15 is 0 Å². The van der Waals surface area contributed by atoms with Crippen LogP contribution in [0.15, 0.2) is 85.1 Å². The van der Waals surface area contributed by atoms with Crippen LogP contribution in [0.4, 0.5) is 0 Å². The lowest BCUT2D eigenvalue weighted by Gasteiger charge is -2.18. The summed E-state index contributed by atoms with van der Waals surface area (Å²) in [6.45, 7) is 6.33. The number of carbonyl (C=O) groups excluding carboxylic acids is 3. The van der Waals surface area contributed by atoms with Crippen LogP contribution < -0.4 is 0 Å². The number of ether oxygens (including phenoxy) is 3. The number of hydrogen-bond acceptors (Lipinski definition) is 8. The first kappa shape index (κ1) is 63.5. The van der Waals surface area contributed by atoms with Crippen molar-refractivity contribution in [2.24, 2.45) is 0 Å². The minimum Gasteiger partial charge on any atom is -0.462 e. The van der Waals surface area contributed by atoms with Crippen LogP contribution in [-0.4, -0.2) is 48.6 Å². The number of carbonyl (C=O) groups is 3. The van der Waals surface area contributed by atoms with E-state index in [1.807, 2.05) is 24.3 Å². The van der Waals surface area contributed by atoms with Gasteiger partial charge in [-0.2, -0.15) is 0 Å². The van der Waals surface area contributed by atoms with E-state index in [0.717, 1.165) is 116 Å². The van der Waals surface area contributed by atoms with E-state index in [1.54, 1.807) is 12.2 Å². The van der Waals surface area contributed by atoms with Crippen molar-refractivity contribution in [3.63, 3.8) is 0 Å². The van der Waals surface area contributed by atoms with Crippen molar-refractivity contribution < 1.29 is 38.7 Å². The van der Waals surface area contributed by atoms with Gasteiger partial charge in [0.15, 0.2) is 6.10 Å². The summed E-state index contributed by atoms with van der Waals surface area (Å²) >= 11 is 0. The van der Waals surface area contributed by atoms with Gasteiger partial charge >= 0.3 is 17.9 Å². The van der Waals surface area contributed by atoms with E-state index in [1.165, 1.54) is 102 Å². The lowest BCUT2D eigenvalue weighted by molar-refractivity contribution is -0.281. The van der Waals surface area contributed by atoms with E-state index in [2.05, 4.69) is 68.2 Å². The first-order valence-electron chi connectivity index (χ1n) is 27.4. The van der Waals surface area contributed by atoms with Crippen LogP contribution in [-0.2, 0) is 33.5 Å². The lowest BCUT2D eigenvalue weighted by atomic mass is 10.0. The van der Waals surface area contributed by atoms with Gasteiger partial charge in [-0.1, -0.05) is 215 Å². The van der Waals surface area contributed by atoms with Gasteiger partial charge in [-0.05, 0) is 96.3 Å². The van der Waals surface area contributed by atoms with E-state index in [4.69, 9.17) is 19.5 Å². The Labute approximate surface area is 411 Å². The molecule has 0 saturated carbocycles. The average molecular weight is 937 g/mol. The molecule has 0 heterocycles. The van der Waals surface area contributed by atoms with Crippen molar-refractivity contribution in [2.75, 3.05) is 13.2 Å². The van der Waals surface area contributed by atoms with Crippen LogP contribution in [0, 0.1) is 0 Å². The zero-order valence-corrected chi connectivity index (χ0v) is 43.2. The number of allylic oxidation sites excluding steroid dienone is 13. The van der Waals surface area contributed by atoms with Gasteiger partial charge in [0, 0.05) is 18.9 Å². The van der Waals surface area contributed by atoms with E-state index < -0.39 is 12.1 Å². The molecule has 0 fully saturated rings.